The summed E-state index contributed by atoms with van der Waals surface area (Å²) in [4.78, 5) is 18.5. The maximum Gasteiger partial charge on any atom is 0.409 e. The van der Waals surface area contributed by atoms with E-state index in [1.165, 1.54) is 22.3 Å². The zero-order valence-electron chi connectivity index (χ0n) is 41.5. The molecular formula is C57H62N4O10S. The number of fused-ring (bicyclic) bond motifs is 12. The summed E-state index contributed by atoms with van der Waals surface area (Å²) in [6.07, 6.45) is 1.41. The standard InChI is InChI=1S/C57H62N4O10S/c1-7-21-66-53-35(3)54-56(71-33-70-54)50-42(53)26-45-51-49-37(24-34(2)52(64-6)55(49)69-32-65-23-22-63-5)25-44(60(51)4)46(27-58)61(45)47(50)29-67-48(59-57(62)68-28-36-15-9-8-10-16-36)31-72-30-43-40-19-13-11-17-38(40)39-18-12-14-20-41(39)43/h7-20,24,43-48,51H,1,21-23,25-26,28-33H2,2-6H3,(H,59,62)/t44-,45?,46-,47-,48?,51-/m0/s1. The molecule has 1 N–H and O–H groups in total. The highest BCUT2D eigenvalue weighted by molar-refractivity contribution is 7.99. The van der Waals surface area contributed by atoms with Crippen LogP contribution in [0.15, 0.2) is 97.6 Å². The van der Waals surface area contributed by atoms with Gasteiger partial charge in [-0.3, -0.25) is 15.1 Å². The van der Waals surface area contributed by atoms with Gasteiger partial charge in [0.05, 0.1) is 45.1 Å². The average molecular weight is 995 g/mol. The molecule has 0 saturated carbocycles. The Kier molecular flexibility index (Phi) is 15.0. The number of alkyl carbamates (subject to hydrolysis) is 1. The fourth-order valence-corrected chi connectivity index (χ4v) is 12.8. The van der Waals surface area contributed by atoms with Crippen LogP contribution in [-0.2, 0) is 38.4 Å². The summed E-state index contributed by atoms with van der Waals surface area (Å²) in [6, 6.07) is 29.7. The van der Waals surface area contributed by atoms with Crippen LogP contribution in [-0.4, -0.2) is 113 Å². The van der Waals surface area contributed by atoms with Gasteiger partial charge in [0.25, 0.3) is 0 Å². The van der Waals surface area contributed by atoms with Crippen molar-refractivity contribution in [1.82, 2.24) is 15.1 Å². The first-order chi connectivity index (χ1) is 35.3. The number of likely N-dealkylation sites (N-methyl/N-ethyl adjacent to an activating group) is 1. The molecule has 2 bridgehead atoms. The molecule has 4 aliphatic heterocycles. The number of carbonyl (C=O) groups excluding carboxylic acids is 1. The number of ether oxygens (including phenoxy) is 9. The molecule has 0 spiro atoms. The first kappa shape index (κ1) is 49.3. The van der Waals surface area contributed by atoms with Crippen LogP contribution in [0.3, 0.4) is 0 Å². The molecule has 376 valence electrons. The van der Waals surface area contributed by atoms with E-state index in [2.05, 4.69) is 89.4 Å². The maximum atomic E-state index is 13.8. The molecule has 1 amide bonds. The summed E-state index contributed by atoms with van der Waals surface area (Å²) in [5.41, 5.74) is 11.6. The number of nitrogens with zero attached hydrogens (tertiary/aromatic N) is 3. The number of amides is 1. The molecule has 5 aromatic rings. The second-order valence-electron chi connectivity index (χ2n) is 18.8. The molecule has 15 heteroatoms. The zero-order valence-corrected chi connectivity index (χ0v) is 42.3. The normalized spacial score (nSPS) is 20.8. The van der Waals surface area contributed by atoms with E-state index in [1.807, 2.05) is 44.2 Å². The monoisotopic (exact) mass is 994 g/mol. The summed E-state index contributed by atoms with van der Waals surface area (Å²) in [5.74, 6) is 4.47. The summed E-state index contributed by atoms with van der Waals surface area (Å²) in [6.45, 7) is 9.23. The average Bonchev–Trinajstić information content (AvgIpc) is 4.01. The van der Waals surface area contributed by atoms with Crippen molar-refractivity contribution in [2.75, 3.05) is 72.8 Å². The van der Waals surface area contributed by atoms with Gasteiger partial charge in [-0.2, -0.15) is 17.0 Å². The van der Waals surface area contributed by atoms with Crippen molar-refractivity contribution < 1.29 is 47.4 Å². The number of carbonyl (C=O) groups is 1. The highest BCUT2D eigenvalue weighted by Crippen LogP contribution is 2.59. The lowest BCUT2D eigenvalue weighted by Crippen LogP contribution is -2.68. The van der Waals surface area contributed by atoms with E-state index < -0.39 is 24.4 Å². The second-order valence-corrected chi connectivity index (χ2v) is 19.9. The Balaban J connectivity index is 1.03. The molecule has 72 heavy (non-hydrogen) atoms. The fourth-order valence-electron chi connectivity index (χ4n) is 11.7. The van der Waals surface area contributed by atoms with Crippen molar-refractivity contribution in [3.05, 3.63) is 148 Å². The van der Waals surface area contributed by atoms with Crippen LogP contribution in [0, 0.1) is 25.2 Å². The predicted octanol–water partition coefficient (Wildman–Crippen LogP) is 9.19. The Hall–Kier alpha value is -6.25. The SMILES string of the molecule is C=CCOc1c(C)c2c(c3c1CC1[C@H]4c5c(cc(C)c(OC)c5OCOCCOC)C[C@@H]([C@H](C#N)N1[C@H]3COC(CSCC1c3ccccc3-c3ccccc31)NC(=O)OCc1ccccc1)N4C)OCO2. The van der Waals surface area contributed by atoms with Crippen LogP contribution < -0.4 is 29.0 Å². The number of benzene rings is 5. The van der Waals surface area contributed by atoms with Gasteiger partial charge in [0.2, 0.25) is 6.79 Å². The largest absolute Gasteiger partial charge is 0.493 e. The second kappa shape index (κ2) is 21.8. The number of aryl methyl sites for hydroxylation is 1. The Morgan fingerprint density at radius 2 is 1.65 bits per heavy atom. The smallest absolute Gasteiger partial charge is 0.409 e. The molecule has 6 atom stereocenters. The number of nitrogens with one attached hydrogen (secondary N) is 1. The van der Waals surface area contributed by atoms with Gasteiger partial charge in [-0.15, -0.1) is 0 Å². The Morgan fingerprint density at radius 3 is 2.38 bits per heavy atom. The summed E-state index contributed by atoms with van der Waals surface area (Å²) in [7, 11) is 5.40. The highest BCUT2D eigenvalue weighted by Gasteiger charge is 2.57. The van der Waals surface area contributed by atoms with Crippen molar-refractivity contribution >= 4 is 17.9 Å². The van der Waals surface area contributed by atoms with Crippen LogP contribution in [0.1, 0.15) is 68.1 Å². The van der Waals surface area contributed by atoms with E-state index in [0.29, 0.717) is 60.6 Å². The number of hydrogen-bond donors (Lipinski definition) is 1. The van der Waals surface area contributed by atoms with Crippen LogP contribution in [0.2, 0.25) is 0 Å². The Labute approximate surface area is 426 Å². The molecule has 5 aliphatic rings. The number of hydrogen-bond acceptors (Lipinski definition) is 14. The summed E-state index contributed by atoms with van der Waals surface area (Å²) < 4.78 is 55.9. The number of thioether (sulfide) groups is 1. The molecule has 4 heterocycles. The van der Waals surface area contributed by atoms with Crippen LogP contribution >= 0.6 is 11.8 Å². The van der Waals surface area contributed by atoms with Crippen LogP contribution in [0.5, 0.6) is 28.7 Å². The van der Waals surface area contributed by atoms with Gasteiger partial charge >= 0.3 is 6.09 Å². The van der Waals surface area contributed by atoms with Gasteiger partial charge < -0.3 is 42.6 Å². The first-order valence-electron chi connectivity index (χ1n) is 24.6. The third kappa shape index (κ3) is 9.25. The third-order valence-corrected chi connectivity index (χ3v) is 15.9. The number of methoxy groups -OCH3 is 2. The van der Waals surface area contributed by atoms with Crippen molar-refractivity contribution in [1.29, 1.82) is 5.26 Å². The molecule has 1 aliphatic carbocycles. The zero-order chi connectivity index (χ0) is 49.9. The van der Waals surface area contributed by atoms with Crippen LogP contribution in [0.25, 0.3) is 11.1 Å². The predicted molar refractivity (Wildman–Crippen MR) is 274 cm³/mol. The minimum atomic E-state index is -0.792. The van der Waals surface area contributed by atoms with Gasteiger partial charge in [-0.05, 0) is 72.7 Å². The minimum absolute atomic E-state index is 0.00780. The molecule has 1 fully saturated rings. The molecule has 0 aromatic heterocycles. The van der Waals surface area contributed by atoms with Crippen molar-refractivity contribution in [2.45, 2.75) is 75.7 Å². The molecule has 2 unspecified atom stereocenters. The van der Waals surface area contributed by atoms with Gasteiger partial charge in [0.15, 0.2) is 29.8 Å². The van der Waals surface area contributed by atoms with E-state index in [4.69, 9.17) is 42.6 Å². The van der Waals surface area contributed by atoms with Crippen molar-refractivity contribution in [3.63, 3.8) is 0 Å². The van der Waals surface area contributed by atoms with Crippen LogP contribution in [0.4, 0.5) is 4.79 Å². The van der Waals surface area contributed by atoms with E-state index in [1.54, 1.807) is 32.1 Å². The Bertz CT molecular complexity index is 2790. The van der Waals surface area contributed by atoms with Crippen molar-refractivity contribution in [2.24, 2.45) is 0 Å². The van der Waals surface area contributed by atoms with Crippen molar-refractivity contribution in [3.8, 4) is 45.9 Å². The molecule has 14 nitrogen and oxygen atoms in total. The number of piperazine rings is 1. The van der Waals surface area contributed by atoms with Gasteiger partial charge in [-0.1, -0.05) is 97.6 Å². The molecular weight excluding hydrogens is 933 g/mol. The lowest BCUT2D eigenvalue weighted by molar-refractivity contribution is -0.0977. The molecule has 5 aromatic carbocycles. The molecule has 1 saturated heterocycles. The lowest BCUT2D eigenvalue weighted by Gasteiger charge is -2.60. The van der Waals surface area contributed by atoms with E-state index >= 15 is 0 Å². The topological polar surface area (TPSA) is 142 Å². The molecule has 0 radical (unpaired) electrons. The fraction of sp³-hybridized carbons (Fsp3) is 0.404. The van der Waals surface area contributed by atoms with Gasteiger partial charge in [0, 0.05) is 58.9 Å². The lowest BCUT2D eigenvalue weighted by atomic mass is 9.71. The van der Waals surface area contributed by atoms with Gasteiger partial charge in [-0.25, -0.2) is 4.79 Å². The quantitative estimate of drug-likeness (QED) is 0.0450. The number of rotatable bonds is 20. The van der Waals surface area contributed by atoms with E-state index in [0.717, 1.165) is 44.7 Å². The molecule has 10 rings (SSSR count). The Morgan fingerprint density at radius 1 is 0.917 bits per heavy atom. The highest BCUT2D eigenvalue weighted by atomic mass is 32.2. The van der Waals surface area contributed by atoms with E-state index in [9.17, 15) is 10.1 Å². The third-order valence-electron chi connectivity index (χ3n) is 14.8. The summed E-state index contributed by atoms with van der Waals surface area (Å²) in [5, 5.41) is 14.6. The van der Waals surface area contributed by atoms with Gasteiger partial charge in [0.1, 0.15) is 31.2 Å². The maximum absolute atomic E-state index is 13.8. The summed E-state index contributed by atoms with van der Waals surface area (Å²) >= 11 is 1.71. The van der Waals surface area contributed by atoms with E-state index in [-0.39, 0.29) is 57.4 Å². The number of nitriles is 1. The first-order valence-corrected chi connectivity index (χ1v) is 25.7. The minimum Gasteiger partial charge on any atom is -0.493 e.